The molecule has 0 bridgehead atoms. The minimum absolute atomic E-state index is 0.0130. The van der Waals surface area contributed by atoms with Crippen molar-refractivity contribution in [2.24, 2.45) is 5.10 Å². The highest BCUT2D eigenvalue weighted by atomic mass is 32.2. The fourth-order valence-electron chi connectivity index (χ4n) is 2.87. The topological polar surface area (TPSA) is 97.3 Å². The lowest BCUT2D eigenvalue weighted by Gasteiger charge is -2.22. The highest BCUT2D eigenvalue weighted by Gasteiger charge is 2.28. The average molecular weight is 474 g/mol. The van der Waals surface area contributed by atoms with Crippen molar-refractivity contribution in [3.05, 3.63) is 76.5 Å². The molecular formula is C22H23N3O5S2. The molecule has 1 amide bonds. The number of hydrogen-bond acceptors (Lipinski definition) is 7. The first kappa shape index (κ1) is 23.5. The molecular weight excluding hydrogens is 450 g/mol. The zero-order valence-electron chi connectivity index (χ0n) is 17.6. The van der Waals surface area contributed by atoms with Crippen molar-refractivity contribution in [3.63, 3.8) is 0 Å². The molecule has 0 spiro atoms. The Morgan fingerprint density at radius 2 is 1.81 bits per heavy atom. The van der Waals surface area contributed by atoms with Gasteiger partial charge in [0.25, 0.3) is 5.91 Å². The van der Waals surface area contributed by atoms with Gasteiger partial charge < -0.3 is 9.47 Å². The normalized spacial score (nSPS) is 11.6. The number of amides is 1. The summed E-state index contributed by atoms with van der Waals surface area (Å²) in [6, 6.07) is 17.1. The van der Waals surface area contributed by atoms with Crippen molar-refractivity contribution in [1.29, 1.82) is 0 Å². The van der Waals surface area contributed by atoms with Crippen LogP contribution in [-0.2, 0) is 21.4 Å². The smallest absolute Gasteiger partial charge is 0.255 e. The van der Waals surface area contributed by atoms with Crippen LogP contribution in [0.2, 0.25) is 0 Å². The van der Waals surface area contributed by atoms with Crippen LogP contribution < -0.4 is 14.9 Å². The minimum atomic E-state index is -4.03. The lowest BCUT2D eigenvalue weighted by Crippen LogP contribution is -2.39. The quantitative estimate of drug-likeness (QED) is 0.360. The molecule has 0 atom stereocenters. The van der Waals surface area contributed by atoms with Gasteiger partial charge in [0.1, 0.15) is 0 Å². The van der Waals surface area contributed by atoms with Crippen LogP contribution in [0.3, 0.4) is 0 Å². The van der Waals surface area contributed by atoms with Gasteiger partial charge in [-0.2, -0.15) is 9.41 Å². The molecule has 0 aliphatic rings. The van der Waals surface area contributed by atoms with Crippen molar-refractivity contribution in [1.82, 2.24) is 9.73 Å². The summed E-state index contributed by atoms with van der Waals surface area (Å²) in [6.45, 7) is -0.396. The Hall–Kier alpha value is -3.21. The summed E-state index contributed by atoms with van der Waals surface area (Å²) in [5.74, 6) is 0.123. The van der Waals surface area contributed by atoms with E-state index in [0.717, 1.165) is 14.7 Å². The number of ether oxygens (including phenoxy) is 2. The summed E-state index contributed by atoms with van der Waals surface area (Å²) in [5, 5.41) is 5.80. The van der Waals surface area contributed by atoms with E-state index in [-0.39, 0.29) is 17.2 Å². The lowest BCUT2D eigenvalue weighted by molar-refractivity contribution is -0.121. The Kier molecular flexibility index (Phi) is 7.98. The molecule has 0 aliphatic heterocycles. The fraction of sp³-hybridized carbons (Fsp3) is 0.182. The van der Waals surface area contributed by atoms with Crippen molar-refractivity contribution in [2.75, 3.05) is 20.8 Å². The van der Waals surface area contributed by atoms with Crippen LogP contribution in [-0.4, -0.2) is 45.6 Å². The van der Waals surface area contributed by atoms with Gasteiger partial charge in [-0.1, -0.05) is 36.4 Å². The number of carbonyl (C=O) groups is 1. The zero-order chi connectivity index (χ0) is 23.0. The van der Waals surface area contributed by atoms with E-state index in [1.54, 1.807) is 12.1 Å². The first-order valence-corrected chi connectivity index (χ1v) is 11.9. The van der Waals surface area contributed by atoms with Gasteiger partial charge in [0.05, 0.1) is 31.9 Å². The monoisotopic (exact) mass is 473 g/mol. The lowest BCUT2D eigenvalue weighted by atomic mass is 10.2. The second-order valence-corrected chi connectivity index (χ2v) is 9.50. The van der Waals surface area contributed by atoms with Crippen LogP contribution in [0.1, 0.15) is 10.4 Å². The molecule has 168 valence electrons. The molecule has 0 aliphatic carbocycles. The van der Waals surface area contributed by atoms with Gasteiger partial charge in [0, 0.05) is 17.5 Å². The Morgan fingerprint density at radius 1 is 1.06 bits per heavy atom. The third-order valence-electron chi connectivity index (χ3n) is 4.44. The van der Waals surface area contributed by atoms with Gasteiger partial charge in [0.2, 0.25) is 10.0 Å². The number of benzene rings is 2. The molecule has 0 unspecified atom stereocenters. The second kappa shape index (κ2) is 10.9. The van der Waals surface area contributed by atoms with Crippen LogP contribution in [0, 0.1) is 0 Å². The molecule has 0 radical (unpaired) electrons. The Balaban J connectivity index is 1.85. The maximum Gasteiger partial charge on any atom is 0.255 e. The molecule has 0 saturated heterocycles. The van der Waals surface area contributed by atoms with E-state index in [0.29, 0.717) is 5.75 Å². The fourth-order valence-corrected chi connectivity index (χ4v) is 4.85. The number of methoxy groups -OCH3 is 2. The Morgan fingerprint density at radius 3 is 2.47 bits per heavy atom. The molecule has 3 aromatic rings. The summed E-state index contributed by atoms with van der Waals surface area (Å²) in [7, 11) is -1.14. The van der Waals surface area contributed by atoms with Crippen molar-refractivity contribution in [2.45, 2.75) is 11.4 Å². The zero-order valence-corrected chi connectivity index (χ0v) is 19.2. The number of nitrogens with one attached hydrogen (secondary N) is 1. The van der Waals surface area contributed by atoms with E-state index < -0.39 is 22.5 Å². The van der Waals surface area contributed by atoms with E-state index in [1.165, 1.54) is 50.0 Å². The molecule has 1 heterocycles. The van der Waals surface area contributed by atoms with Crippen molar-refractivity contribution in [3.8, 4) is 11.5 Å². The number of sulfonamides is 1. The molecule has 2 aromatic carbocycles. The third-order valence-corrected chi connectivity index (χ3v) is 7.03. The first-order chi connectivity index (χ1) is 15.4. The molecule has 10 heteroatoms. The minimum Gasteiger partial charge on any atom is -0.493 e. The highest BCUT2D eigenvalue weighted by molar-refractivity contribution is 7.89. The van der Waals surface area contributed by atoms with Gasteiger partial charge in [-0.05, 0) is 29.1 Å². The molecule has 8 nitrogen and oxygen atoms in total. The largest absolute Gasteiger partial charge is 0.493 e. The standard InChI is InChI=1S/C22H23N3O5S2/c1-29-20-11-10-19(13-21(20)30-2)32(27,28)25(15-17-7-4-3-5-8-17)16-22(26)24-23-14-18-9-6-12-31-18/h3-14H,15-16H2,1-2H3,(H,24,26). The molecule has 1 aromatic heterocycles. The molecule has 3 rings (SSSR count). The number of hydrazone groups is 1. The van der Waals surface area contributed by atoms with Gasteiger partial charge in [-0.3, -0.25) is 4.79 Å². The Labute approximate surface area is 191 Å². The number of rotatable bonds is 10. The van der Waals surface area contributed by atoms with Crippen molar-refractivity contribution < 1.29 is 22.7 Å². The summed E-state index contributed by atoms with van der Waals surface area (Å²) in [4.78, 5) is 13.4. The second-order valence-electron chi connectivity index (χ2n) is 6.58. The highest BCUT2D eigenvalue weighted by Crippen LogP contribution is 2.31. The van der Waals surface area contributed by atoms with Crippen LogP contribution >= 0.6 is 11.3 Å². The predicted molar refractivity (Wildman–Crippen MR) is 124 cm³/mol. The van der Waals surface area contributed by atoms with E-state index in [1.807, 2.05) is 35.7 Å². The van der Waals surface area contributed by atoms with Crippen LogP contribution in [0.25, 0.3) is 0 Å². The van der Waals surface area contributed by atoms with E-state index >= 15 is 0 Å². The van der Waals surface area contributed by atoms with Gasteiger partial charge in [-0.25, -0.2) is 13.8 Å². The van der Waals surface area contributed by atoms with Crippen LogP contribution in [0.5, 0.6) is 11.5 Å². The molecule has 0 saturated carbocycles. The SMILES string of the molecule is COc1ccc(S(=O)(=O)N(CC(=O)NN=Cc2cccs2)Cc2ccccc2)cc1OC. The van der Waals surface area contributed by atoms with Gasteiger partial charge in [0.15, 0.2) is 11.5 Å². The molecule has 32 heavy (non-hydrogen) atoms. The third kappa shape index (κ3) is 5.94. The number of thiophene rings is 1. The first-order valence-electron chi connectivity index (χ1n) is 9.55. The maximum absolute atomic E-state index is 13.4. The summed E-state index contributed by atoms with van der Waals surface area (Å²) >= 11 is 1.47. The molecule has 1 N–H and O–H groups in total. The summed E-state index contributed by atoms with van der Waals surface area (Å²) < 4.78 is 38.3. The van der Waals surface area contributed by atoms with E-state index in [2.05, 4.69) is 10.5 Å². The number of carbonyl (C=O) groups excluding carboxylic acids is 1. The maximum atomic E-state index is 13.4. The molecule has 0 fully saturated rings. The summed E-state index contributed by atoms with van der Waals surface area (Å²) in [6.07, 6.45) is 1.51. The van der Waals surface area contributed by atoms with Gasteiger partial charge in [-0.15, -0.1) is 11.3 Å². The van der Waals surface area contributed by atoms with E-state index in [4.69, 9.17) is 9.47 Å². The average Bonchev–Trinajstić information content (AvgIpc) is 3.32. The summed E-state index contributed by atoms with van der Waals surface area (Å²) in [5.41, 5.74) is 3.13. The Bertz CT molecular complexity index is 1160. The number of nitrogens with zero attached hydrogens (tertiary/aromatic N) is 2. The van der Waals surface area contributed by atoms with E-state index in [9.17, 15) is 13.2 Å². The number of hydrogen-bond donors (Lipinski definition) is 1. The predicted octanol–water partition coefficient (Wildman–Crippen LogP) is 3.11. The van der Waals surface area contributed by atoms with Crippen LogP contribution in [0.15, 0.2) is 76.0 Å². The van der Waals surface area contributed by atoms with Crippen molar-refractivity contribution >= 4 is 33.5 Å². The van der Waals surface area contributed by atoms with Gasteiger partial charge >= 0.3 is 0 Å². The van der Waals surface area contributed by atoms with Crippen LogP contribution in [0.4, 0.5) is 0 Å².